The fraction of sp³-hybridized carbons (Fsp3) is 0.562. The van der Waals surface area contributed by atoms with E-state index in [1.807, 2.05) is 18.7 Å². The molecule has 1 aliphatic heterocycles. The van der Waals surface area contributed by atoms with Crippen LogP contribution in [-0.4, -0.2) is 25.5 Å². The van der Waals surface area contributed by atoms with Crippen LogP contribution in [0.4, 0.5) is 5.82 Å². The van der Waals surface area contributed by atoms with Crippen molar-refractivity contribution in [2.24, 2.45) is 7.05 Å². The van der Waals surface area contributed by atoms with Crippen LogP contribution < -0.4 is 10.9 Å². The molecule has 23 heavy (non-hydrogen) atoms. The molecular weight excluding hydrogens is 294 g/mol. The number of aryl methyl sites for hydroxylation is 1. The smallest absolute Gasteiger partial charge is 0.270 e. The molecule has 1 amide bonds. The highest BCUT2D eigenvalue weighted by atomic mass is 16.2. The van der Waals surface area contributed by atoms with Crippen molar-refractivity contribution >= 4 is 11.7 Å². The molecular formula is C16H21N5O2. The SMILES string of the molecule is Cc1c(C2CC(=O)Nc3c2c(=O)[nH]n3C2CCCC2)cnn1C. The average molecular weight is 315 g/mol. The van der Waals surface area contributed by atoms with Crippen molar-refractivity contribution in [3.05, 3.63) is 33.4 Å². The fourth-order valence-corrected chi connectivity index (χ4v) is 3.94. The number of hydrogen-bond donors (Lipinski definition) is 2. The number of nitrogens with one attached hydrogen (secondary N) is 2. The molecule has 0 spiro atoms. The van der Waals surface area contributed by atoms with Gasteiger partial charge in [-0.25, -0.2) is 0 Å². The molecule has 0 radical (unpaired) electrons. The fourth-order valence-electron chi connectivity index (χ4n) is 3.94. The molecule has 1 aliphatic carbocycles. The molecule has 3 heterocycles. The van der Waals surface area contributed by atoms with Gasteiger partial charge in [0.15, 0.2) is 0 Å². The number of aromatic nitrogens is 4. The van der Waals surface area contributed by atoms with Crippen LogP contribution in [0.2, 0.25) is 0 Å². The number of amides is 1. The van der Waals surface area contributed by atoms with Crippen molar-refractivity contribution in [2.45, 2.75) is 51.0 Å². The van der Waals surface area contributed by atoms with E-state index < -0.39 is 0 Å². The maximum absolute atomic E-state index is 12.6. The number of anilines is 1. The molecule has 0 aromatic carbocycles. The van der Waals surface area contributed by atoms with Crippen molar-refractivity contribution in [1.29, 1.82) is 0 Å². The lowest BCUT2D eigenvalue weighted by Crippen LogP contribution is -2.27. The van der Waals surface area contributed by atoms with Gasteiger partial charge in [0.2, 0.25) is 5.91 Å². The number of nitrogens with zero attached hydrogens (tertiary/aromatic N) is 3. The molecule has 7 heteroatoms. The lowest BCUT2D eigenvalue weighted by atomic mass is 9.87. The summed E-state index contributed by atoms with van der Waals surface area (Å²) in [4.78, 5) is 24.8. The predicted octanol–water partition coefficient (Wildman–Crippen LogP) is 1.81. The quantitative estimate of drug-likeness (QED) is 0.886. The Hall–Kier alpha value is -2.31. The van der Waals surface area contributed by atoms with Crippen molar-refractivity contribution in [2.75, 3.05) is 5.32 Å². The number of aromatic amines is 1. The summed E-state index contributed by atoms with van der Waals surface area (Å²) in [6.45, 7) is 1.97. The zero-order chi connectivity index (χ0) is 16.1. The molecule has 0 saturated heterocycles. The van der Waals surface area contributed by atoms with Gasteiger partial charge in [-0.1, -0.05) is 12.8 Å². The van der Waals surface area contributed by atoms with E-state index in [1.165, 1.54) is 12.8 Å². The summed E-state index contributed by atoms with van der Waals surface area (Å²) < 4.78 is 3.67. The average Bonchev–Trinajstić information content (AvgIpc) is 3.21. The van der Waals surface area contributed by atoms with Gasteiger partial charge >= 0.3 is 0 Å². The van der Waals surface area contributed by atoms with E-state index >= 15 is 0 Å². The molecule has 4 rings (SSSR count). The standard InChI is InChI=1S/C16H21N5O2/c1-9-12(8-17-20(9)2)11-7-13(22)18-15-14(11)16(23)19-21(15)10-5-3-4-6-10/h8,10-11H,3-7H2,1-2H3,(H,18,22)(H,19,23). The number of H-pyrrole nitrogens is 1. The van der Waals surface area contributed by atoms with Crippen LogP contribution in [0.15, 0.2) is 11.0 Å². The third-order valence-corrected chi connectivity index (χ3v) is 5.30. The van der Waals surface area contributed by atoms with E-state index in [9.17, 15) is 9.59 Å². The van der Waals surface area contributed by atoms with Gasteiger partial charge in [-0.3, -0.25) is 24.1 Å². The highest BCUT2D eigenvalue weighted by Crippen LogP contribution is 2.39. The van der Waals surface area contributed by atoms with Crippen LogP contribution in [0, 0.1) is 6.92 Å². The molecule has 7 nitrogen and oxygen atoms in total. The van der Waals surface area contributed by atoms with Gasteiger partial charge in [-0.05, 0) is 19.8 Å². The zero-order valence-electron chi connectivity index (χ0n) is 13.4. The Morgan fingerprint density at radius 1 is 1.26 bits per heavy atom. The summed E-state index contributed by atoms with van der Waals surface area (Å²) in [5.41, 5.74) is 2.52. The van der Waals surface area contributed by atoms with E-state index in [2.05, 4.69) is 15.5 Å². The zero-order valence-corrected chi connectivity index (χ0v) is 13.4. The van der Waals surface area contributed by atoms with Crippen molar-refractivity contribution in [1.82, 2.24) is 19.6 Å². The van der Waals surface area contributed by atoms with E-state index in [0.717, 1.165) is 24.1 Å². The minimum absolute atomic E-state index is 0.0449. The third kappa shape index (κ3) is 2.14. The molecule has 1 unspecified atom stereocenters. The van der Waals surface area contributed by atoms with Gasteiger partial charge in [0.1, 0.15) is 5.82 Å². The normalized spacial score (nSPS) is 21.5. The number of rotatable bonds is 2. The number of hydrogen-bond acceptors (Lipinski definition) is 3. The van der Waals surface area contributed by atoms with Crippen LogP contribution >= 0.6 is 0 Å². The van der Waals surface area contributed by atoms with E-state index in [4.69, 9.17) is 0 Å². The first-order valence-electron chi connectivity index (χ1n) is 8.19. The first-order valence-corrected chi connectivity index (χ1v) is 8.19. The maximum atomic E-state index is 12.6. The Morgan fingerprint density at radius 3 is 2.65 bits per heavy atom. The Morgan fingerprint density at radius 2 is 2.00 bits per heavy atom. The summed E-state index contributed by atoms with van der Waals surface area (Å²) in [6, 6.07) is 0.278. The summed E-state index contributed by atoms with van der Waals surface area (Å²) in [5.74, 6) is 0.391. The lowest BCUT2D eigenvalue weighted by Gasteiger charge is -2.24. The van der Waals surface area contributed by atoms with Gasteiger partial charge in [-0.2, -0.15) is 5.10 Å². The molecule has 2 N–H and O–H groups in total. The summed E-state index contributed by atoms with van der Waals surface area (Å²) >= 11 is 0. The van der Waals surface area contributed by atoms with E-state index in [0.29, 0.717) is 11.4 Å². The second-order valence-corrected chi connectivity index (χ2v) is 6.63. The van der Waals surface area contributed by atoms with Crippen LogP contribution in [0.3, 0.4) is 0 Å². The van der Waals surface area contributed by atoms with Gasteiger partial charge in [0, 0.05) is 30.6 Å². The highest BCUT2D eigenvalue weighted by molar-refractivity contribution is 5.94. The summed E-state index contributed by atoms with van der Waals surface area (Å²) in [7, 11) is 1.87. The van der Waals surface area contributed by atoms with Crippen LogP contribution in [0.25, 0.3) is 0 Å². The van der Waals surface area contributed by atoms with Crippen molar-refractivity contribution in [3.63, 3.8) is 0 Å². The van der Waals surface area contributed by atoms with Crippen LogP contribution in [0.5, 0.6) is 0 Å². The van der Waals surface area contributed by atoms with Crippen LogP contribution in [-0.2, 0) is 11.8 Å². The number of carbonyl (C=O) groups excluding carboxylic acids is 1. The Kier molecular flexibility index (Phi) is 3.18. The second kappa shape index (κ2) is 5.11. The van der Waals surface area contributed by atoms with Gasteiger partial charge < -0.3 is 5.32 Å². The molecule has 1 saturated carbocycles. The molecule has 2 aromatic rings. The first kappa shape index (κ1) is 14.3. The monoisotopic (exact) mass is 315 g/mol. The molecule has 2 aliphatic rings. The minimum Gasteiger partial charge on any atom is -0.311 e. The maximum Gasteiger partial charge on any atom is 0.270 e. The Labute approximate surface area is 133 Å². The van der Waals surface area contributed by atoms with E-state index in [1.54, 1.807) is 10.9 Å². The van der Waals surface area contributed by atoms with E-state index in [-0.39, 0.29) is 29.8 Å². The molecule has 0 bridgehead atoms. The minimum atomic E-state index is -0.223. The Bertz CT molecular complexity index is 822. The highest BCUT2D eigenvalue weighted by Gasteiger charge is 2.35. The third-order valence-electron chi connectivity index (χ3n) is 5.30. The largest absolute Gasteiger partial charge is 0.311 e. The van der Waals surface area contributed by atoms with Crippen molar-refractivity contribution in [3.8, 4) is 0 Å². The molecule has 2 aromatic heterocycles. The van der Waals surface area contributed by atoms with Gasteiger partial charge in [0.05, 0.1) is 17.8 Å². The lowest BCUT2D eigenvalue weighted by molar-refractivity contribution is -0.116. The summed E-state index contributed by atoms with van der Waals surface area (Å²) in [5, 5.41) is 10.1. The van der Waals surface area contributed by atoms with Crippen LogP contribution in [0.1, 0.15) is 60.9 Å². The Balaban J connectivity index is 1.86. The molecule has 122 valence electrons. The van der Waals surface area contributed by atoms with Gasteiger partial charge in [-0.15, -0.1) is 0 Å². The van der Waals surface area contributed by atoms with Gasteiger partial charge in [0.25, 0.3) is 5.56 Å². The topological polar surface area (TPSA) is 84.7 Å². The molecule has 1 fully saturated rings. The predicted molar refractivity (Wildman–Crippen MR) is 85.6 cm³/mol. The first-order chi connectivity index (χ1) is 11.1. The van der Waals surface area contributed by atoms with Crippen molar-refractivity contribution < 1.29 is 4.79 Å². The second-order valence-electron chi connectivity index (χ2n) is 6.63. The molecule has 1 atom stereocenters. The number of fused-ring (bicyclic) bond motifs is 1. The number of carbonyl (C=O) groups is 1. The summed E-state index contributed by atoms with van der Waals surface area (Å²) in [6.07, 6.45) is 6.48.